The molecule has 3 N–H and O–H groups in total. The third-order valence-electron chi connectivity index (χ3n) is 4.41. The van der Waals surface area contributed by atoms with Crippen molar-refractivity contribution in [2.24, 2.45) is 5.92 Å². The summed E-state index contributed by atoms with van der Waals surface area (Å²) < 4.78 is 7.08. The number of nitrogens with one attached hydrogen (secondary N) is 2. The number of rotatable bonds is 5. The van der Waals surface area contributed by atoms with Gasteiger partial charge in [0.2, 0.25) is 0 Å². The summed E-state index contributed by atoms with van der Waals surface area (Å²) in [6, 6.07) is 6.38. The quantitative estimate of drug-likeness (QED) is 0.370. The van der Waals surface area contributed by atoms with Gasteiger partial charge in [-0.1, -0.05) is 0 Å². The van der Waals surface area contributed by atoms with Crippen LogP contribution < -0.4 is 10.6 Å². The molecule has 1 unspecified atom stereocenters. The molecule has 0 bridgehead atoms. The molecule has 1 amide bonds. The molecule has 32 heavy (non-hydrogen) atoms. The van der Waals surface area contributed by atoms with Crippen LogP contribution in [0.25, 0.3) is 0 Å². The fraction of sp³-hybridized carbons (Fsp3) is 0.476. The SMILES string of the molecule is CC(C)(C)OC(=O)NC(C(=O)c1ccc(Br)s1)C1CCNCC1.O=C(O)c1ccc(Br)s1. The van der Waals surface area contributed by atoms with Crippen LogP contribution in [0.5, 0.6) is 0 Å². The molecule has 0 aromatic carbocycles. The molecule has 2 aromatic rings. The lowest BCUT2D eigenvalue weighted by Crippen LogP contribution is -2.50. The number of Topliss-reactive ketones (excluding diaryl/α,β-unsaturated/α-hetero) is 1. The topological polar surface area (TPSA) is 105 Å². The number of carboxylic acid groups (broad SMARTS) is 1. The number of thiophene rings is 2. The molecule has 1 aliphatic rings. The summed E-state index contributed by atoms with van der Waals surface area (Å²) in [5.74, 6) is -0.790. The van der Waals surface area contributed by atoms with Crippen molar-refractivity contribution >= 4 is 72.4 Å². The zero-order valence-electron chi connectivity index (χ0n) is 17.9. The van der Waals surface area contributed by atoms with Gasteiger partial charge in [-0.25, -0.2) is 9.59 Å². The first-order valence-electron chi connectivity index (χ1n) is 9.94. The van der Waals surface area contributed by atoms with Gasteiger partial charge < -0.3 is 20.5 Å². The lowest BCUT2D eigenvalue weighted by Gasteiger charge is -2.31. The first-order chi connectivity index (χ1) is 15.0. The number of ether oxygens (including phenoxy) is 1. The first-order valence-corrected chi connectivity index (χ1v) is 13.2. The smallest absolute Gasteiger partial charge is 0.408 e. The highest BCUT2D eigenvalue weighted by atomic mass is 79.9. The maximum absolute atomic E-state index is 12.9. The van der Waals surface area contributed by atoms with E-state index in [1.165, 1.54) is 22.7 Å². The third kappa shape index (κ3) is 8.93. The second kappa shape index (κ2) is 12.3. The summed E-state index contributed by atoms with van der Waals surface area (Å²) in [7, 11) is 0. The minimum Gasteiger partial charge on any atom is -0.477 e. The maximum atomic E-state index is 12.9. The molecule has 0 aliphatic carbocycles. The van der Waals surface area contributed by atoms with Crippen molar-refractivity contribution < 1.29 is 24.2 Å². The van der Waals surface area contributed by atoms with Crippen LogP contribution in [-0.4, -0.2) is 47.7 Å². The second-order valence-electron chi connectivity index (χ2n) is 8.09. The van der Waals surface area contributed by atoms with Gasteiger partial charge in [0.05, 0.1) is 18.5 Å². The Labute approximate surface area is 212 Å². The normalized spacial score (nSPS) is 15.3. The summed E-state index contributed by atoms with van der Waals surface area (Å²) in [6.07, 6.45) is 1.18. The fourth-order valence-electron chi connectivity index (χ4n) is 3.04. The Balaban J connectivity index is 0.000000336. The second-order valence-corrected chi connectivity index (χ2v) is 13.0. The lowest BCUT2D eigenvalue weighted by molar-refractivity contribution is 0.0462. The zero-order valence-corrected chi connectivity index (χ0v) is 22.8. The molecule has 3 rings (SSSR count). The van der Waals surface area contributed by atoms with Crippen LogP contribution >= 0.6 is 54.5 Å². The van der Waals surface area contributed by atoms with Crippen molar-refractivity contribution in [2.75, 3.05) is 13.1 Å². The number of amides is 1. The molecule has 1 aliphatic heterocycles. The number of piperidine rings is 1. The number of carboxylic acids is 1. The summed E-state index contributed by atoms with van der Waals surface area (Å²) in [6.45, 7) is 7.15. The number of hydrogen-bond acceptors (Lipinski definition) is 7. The van der Waals surface area contributed by atoms with Crippen LogP contribution in [0.4, 0.5) is 4.79 Å². The maximum Gasteiger partial charge on any atom is 0.408 e. The van der Waals surface area contributed by atoms with Gasteiger partial charge in [-0.2, -0.15) is 0 Å². The number of carbonyl (C=O) groups excluding carboxylic acids is 2. The summed E-state index contributed by atoms with van der Waals surface area (Å²) in [5, 5.41) is 14.5. The average molecular weight is 610 g/mol. The minimum atomic E-state index is -0.870. The molecule has 0 spiro atoms. The number of hydrogen-bond donors (Lipinski definition) is 3. The van der Waals surface area contributed by atoms with E-state index >= 15 is 0 Å². The Morgan fingerprint density at radius 1 is 1.06 bits per heavy atom. The molecule has 1 saturated heterocycles. The van der Waals surface area contributed by atoms with E-state index in [4.69, 9.17) is 9.84 Å². The van der Waals surface area contributed by atoms with Crippen molar-refractivity contribution in [3.8, 4) is 0 Å². The first kappa shape index (κ1) is 27.0. The predicted octanol–water partition coefficient (Wildman–Crippen LogP) is 5.80. The standard InChI is InChI=1S/C16H23BrN2O3S.C5H3BrO2S/c1-16(2,3)22-15(21)19-13(10-6-8-18-9-7-10)14(20)11-4-5-12(17)23-11;6-4-2-1-3(9-4)5(7)8/h4-5,10,13,18H,6-9H2,1-3H3,(H,19,21);1-2H,(H,7,8). The molecular formula is C21H26Br2N2O5S2. The van der Waals surface area contributed by atoms with E-state index < -0.39 is 23.7 Å². The molecular weight excluding hydrogens is 584 g/mol. The van der Waals surface area contributed by atoms with Crippen LogP contribution in [0.3, 0.4) is 0 Å². The molecule has 0 radical (unpaired) electrons. The van der Waals surface area contributed by atoms with E-state index in [2.05, 4.69) is 42.5 Å². The number of alkyl carbamates (subject to hydrolysis) is 1. The van der Waals surface area contributed by atoms with Crippen LogP contribution in [0.2, 0.25) is 0 Å². The molecule has 1 atom stereocenters. The van der Waals surface area contributed by atoms with Crippen LogP contribution in [0.1, 0.15) is 53.0 Å². The van der Waals surface area contributed by atoms with Crippen LogP contribution in [-0.2, 0) is 4.74 Å². The van der Waals surface area contributed by atoms with Crippen LogP contribution in [0, 0.1) is 5.92 Å². The van der Waals surface area contributed by atoms with Crippen LogP contribution in [0.15, 0.2) is 31.8 Å². The highest BCUT2D eigenvalue weighted by molar-refractivity contribution is 9.11. The molecule has 0 saturated carbocycles. The predicted molar refractivity (Wildman–Crippen MR) is 134 cm³/mol. The Kier molecular flexibility index (Phi) is 10.3. The monoisotopic (exact) mass is 608 g/mol. The molecule has 11 heteroatoms. The summed E-state index contributed by atoms with van der Waals surface area (Å²) >= 11 is 9.14. The zero-order chi connectivity index (χ0) is 23.9. The van der Waals surface area contributed by atoms with Crippen molar-refractivity contribution in [3.05, 3.63) is 41.6 Å². The lowest BCUT2D eigenvalue weighted by atomic mass is 9.87. The van der Waals surface area contributed by atoms with Gasteiger partial charge in [0, 0.05) is 0 Å². The molecule has 7 nitrogen and oxygen atoms in total. The number of carbonyl (C=O) groups is 3. The van der Waals surface area contributed by atoms with Gasteiger partial charge in [0.25, 0.3) is 0 Å². The number of aromatic carboxylic acids is 1. The number of halogens is 2. The van der Waals surface area contributed by atoms with Gasteiger partial charge in [-0.3, -0.25) is 4.79 Å². The van der Waals surface area contributed by atoms with E-state index in [0.717, 1.165) is 33.5 Å². The molecule has 3 heterocycles. The van der Waals surface area contributed by atoms with Gasteiger partial charge in [0.15, 0.2) is 5.78 Å². The van der Waals surface area contributed by atoms with E-state index in [1.54, 1.807) is 18.2 Å². The van der Waals surface area contributed by atoms with Gasteiger partial charge in [-0.15, -0.1) is 22.7 Å². The van der Waals surface area contributed by atoms with Gasteiger partial charge >= 0.3 is 12.1 Å². The minimum absolute atomic E-state index is 0.0431. The van der Waals surface area contributed by atoms with E-state index in [1.807, 2.05) is 26.8 Å². The van der Waals surface area contributed by atoms with Gasteiger partial charge in [-0.05, 0) is 109 Å². The third-order valence-corrected chi connectivity index (χ3v) is 7.66. The highest BCUT2D eigenvalue weighted by Crippen LogP contribution is 2.27. The fourth-order valence-corrected chi connectivity index (χ4v) is 5.63. The Hall–Kier alpha value is -1.27. The Morgan fingerprint density at radius 2 is 1.59 bits per heavy atom. The largest absolute Gasteiger partial charge is 0.477 e. The van der Waals surface area contributed by atoms with E-state index in [-0.39, 0.29) is 11.7 Å². The Morgan fingerprint density at radius 3 is 2.00 bits per heavy atom. The number of ketones is 1. The van der Waals surface area contributed by atoms with E-state index in [0.29, 0.717) is 9.75 Å². The summed E-state index contributed by atoms with van der Waals surface area (Å²) in [4.78, 5) is 36.2. The average Bonchev–Trinajstić information content (AvgIpc) is 3.34. The van der Waals surface area contributed by atoms with Gasteiger partial charge in [0.1, 0.15) is 10.5 Å². The Bertz CT molecular complexity index is 933. The van der Waals surface area contributed by atoms with Crippen molar-refractivity contribution in [2.45, 2.75) is 45.3 Å². The highest BCUT2D eigenvalue weighted by Gasteiger charge is 2.33. The molecule has 2 aromatic heterocycles. The van der Waals surface area contributed by atoms with Crippen molar-refractivity contribution in [3.63, 3.8) is 0 Å². The van der Waals surface area contributed by atoms with Crippen molar-refractivity contribution in [1.82, 2.24) is 10.6 Å². The molecule has 1 fully saturated rings. The molecule has 176 valence electrons. The van der Waals surface area contributed by atoms with E-state index in [9.17, 15) is 14.4 Å². The van der Waals surface area contributed by atoms with Crippen molar-refractivity contribution in [1.29, 1.82) is 0 Å². The summed E-state index contributed by atoms with van der Waals surface area (Å²) in [5.41, 5.74) is -0.586.